The second-order valence-corrected chi connectivity index (χ2v) is 10.3. The molecule has 0 heterocycles. The van der Waals surface area contributed by atoms with Crippen molar-refractivity contribution >= 4 is 33.4 Å². The molecule has 33 heavy (non-hydrogen) atoms. The topological polar surface area (TPSA) is 75.7 Å². The first-order valence-corrected chi connectivity index (χ1v) is 13.1. The summed E-state index contributed by atoms with van der Waals surface area (Å²) in [5.41, 5.74) is 1.43. The normalized spacial score (nSPS) is 11.1. The van der Waals surface area contributed by atoms with Gasteiger partial charge in [0.1, 0.15) is 12.3 Å². The third-order valence-electron chi connectivity index (χ3n) is 4.77. The Morgan fingerprint density at radius 2 is 1.64 bits per heavy atom. The standard InChI is InChI=1S/C25H28N2O4S2/c1-3-31-22-13-15-24(16-14-22)33(29,30)27(21-11-9-20(2)10-12-21)19-25(28)26-17-18-32-23-7-5-4-6-8-23/h4-16H,3,17-19H2,1-2H3,(H,26,28). The number of carbonyl (C=O) groups is 1. The molecule has 3 rings (SSSR count). The van der Waals surface area contributed by atoms with Gasteiger partial charge in [-0.2, -0.15) is 0 Å². The second-order valence-electron chi connectivity index (χ2n) is 7.26. The summed E-state index contributed by atoms with van der Waals surface area (Å²) in [5.74, 6) is 0.914. The first-order chi connectivity index (χ1) is 15.9. The fourth-order valence-corrected chi connectivity index (χ4v) is 5.30. The molecular formula is C25H28N2O4S2. The van der Waals surface area contributed by atoms with E-state index in [1.165, 1.54) is 12.1 Å². The fourth-order valence-electron chi connectivity index (χ4n) is 3.09. The van der Waals surface area contributed by atoms with E-state index in [0.29, 0.717) is 30.3 Å². The molecule has 8 heteroatoms. The van der Waals surface area contributed by atoms with Crippen LogP contribution in [-0.4, -0.2) is 39.8 Å². The zero-order valence-corrected chi connectivity index (χ0v) is 20.4. The van der Waals surface area contributed by atoms with Gasteiger partial charge in [0.2, 0.25) is 5.91 Å². The molecule has 0 spiro atoms. The number of nitrogens with zero attached hydrogens (tertiary/aromatic N) is 1. The number of amides is 1. The van der Waals surface area contributed by atoms with Crippen LogP contribution in [0.1, 0.15) is 12.5 Å². The summed E-state index contributed by atoms with van der Waals surface area (Å²) in [7, 11) is -3.96. The van der Waals surface area contributed by atoms with Crippen molar-refractivity contribution in [3.63, 3.8) is 0 Å². The first-order valence-electron chi connectivity index (χ1n) is 10.7. The van der Waals surface area contributed by atoms with E-state index in [-0.39, 0.29) is 17.3 Å². The van der Waals surface area contributed by atoms with Crippen LogP contribution < -0.4 is 14.4 Å². The Labute approximate surface area is 200 Å². The summed E-state index contributed by atoms with van der Waals surface area (Å²) < 4.78 is 33.4. The lowest BCUT2D eigenvalue weighted by molar-refractivity contribution is -0.119. The minimum Gasteiger partial charge on any atom is -0.494 e. The Hall–Kier alpha value is -2.97. The minimum absolute atomic E-state index is 0.0963. The van der Waals surface area contributed by atoms with E-state index in [1.54, 1.807) is 36.0 Å². The monoisotopic (exact) mass is 484 g/mol. The highest BCUT2D eigenvalue weighted by molar-refractivity contribution is 7.99. The lowest BCUT2D eigenvalue weighted by Gasteiger charge is -2.24. The van der Waals surface area contributed by atoms with Crippen molar-refractivity contribution in [1.29, 1.82) is 0 Å². The number of sulfonamides is 1. The van der Waals surface area contributed by atoms with E-state index >= 15 is 0 Å². The molecule has 3 aromatic rings. The zero-order valence-electron chi connectivity index (χ0n) is 18.7. The van der Waals surface area contributed by atoms with Gasteiger partial charge in [-0.05, 0) is 62.4 Å². The smallest absolute Gasteiger partial charge is 0.264 e. The lowest BCUT2D eigenvalue weighted by atomic mass is 10.2. The van der Waals surface area contributed by atoms with Crippen LogP contribution in [-0.2, 0) is 14.8 Å². The van der Waals surface area contributed by atoms with Gasteiger partial charge in [0, 0.05) is 17.2 Å². The molecule has 1 amide bonds. The average molecular weight is 485 g/mol. The number of rotatable bonds is 11. The van der Waals surface area contributed by atoms with Crippen LogP contribution in [0, 0.1) is 6.92 Å². The van der Waals surface area contributed by atoms with Crippen LogP contribution in [0.5, 0.6) is 5.75 Å². The molecule has 0 aliphatic carbocycles. The van der Waals surface area contributed by atoms with E-state index in [9.17, 15) is 13.2 Å². The molecule has 0 saturated heterocycles. The summed E-state index contributed by atoms with van der Waals surface area (Å²) >= 11 is 1.63. The molecule has 174 valence electrons. The van der Waals surface area contributed by atoms with Gasteiger partial charge in [-0.25, -0.2) is 8.42 Å². The van der Waals surface area contributed by atoms with E-state index in [1.807, 2.05) is 56.3 Å². The van der Waals surface area contributed by atoms with Crippen molar-refractivity contribution in [2.75, 3.05) is 29.8 Å². The van der Waals surface area contributed by atoms with Gasteiger partial charge in [-0.1, -0.05) is 35.9 Å². The van der Waals surface area contributed by atoms with Gasteiger partial charge in [-0.3, -0.25) is 9.10 Å². The number of hydrogen-bond donors (Lipinski definition) is 1. The third-order valence-corrected chi connectivity index (χ3v) is 7.57. The highest BCUT2D eigenvalue weighted by Gasteiger charge is 2.27. The lowest BCUT2D eigenvalue weighted by Crippen LogP contribution is -2.41. The quantitative estimate of drug-likeness (QED) is 0.320. The molecule has 0 radical (unpaired) electrons. The summed E-state index contributed by atoms with van der Waals surface area (Å²) in [6.45, 7) is 4.40. The number of ether oxygens (including phenoxy) is 1. The molecule has 0 bridgehead atoms. The van der Waals surface area contributed by atoms with Crippen molar-refractivity contribution in [3.05, 3.63) is 84.4 Å². The summed E-state index contributed by atoms with van der Waals surface area (Å²) in [4.78, 5) is 13.9. The minimum atomic E-state index is -3.96. The van der Waals surface area contributed by atoms with Crippen LogP contribution in [0.25, 0.3) is 0 Å². The van der Waals surface area contributed by atoms with E-state index < -0.39 is 10.0 Å². The Morgan fingerprint density at radius 3 is 2.27 bits per heavy atom. The van der Waals surface area contributed by atoms with Gasteiger partial charge in [0.05, 0.1) is 17.2 Å². The van der Waals surface area contributed by atoms with Crippen molar-refractivity contribution in [2.24, 2.45) is 0 Å². The SMILES string of the molecule is CCOc1ccc(S(=O)(=O)N(CC(=O)NCCSc2ccccc2)c2ccc(C)cc2)cc1. The van der Waals surface area contributed by atoms with E-state index in [0.717, 1.165) is 14.8 Å². The van der Waals surface area contributed by atoms with Gasteiger partial charge < -0.3 is 10.1 Å². The van der Waals surface area contributed by atoms with Crippen LogP contribution in [0.4, 0.5) is 5.69 Å². The summed E-state index contributed by atoms with van der Waals surface area (Å²) in [5, 5.41) is 2.83. The molecule has 0 aromatic heterocycles. The Morgan fingerprint density at radius 1 is 0.970 bits per heavy atom. The maximum atomic E-state index is 13.4. The number of aryl methyl sites for hydroxylation is 1. The van der Waals surface area contributed by atoms with Gasteiger partial charge >= 0.3 is 0 Å². The number of hydrogen-bond acceptors (Lipinski definition) is 5. The van der Waals surface area contributed by atoms with Gasteiger partial charge in [0.25, 0.3) is 10.0 Å². The Kier molecular flexibility index (Phi) is 8.79. The van der Waals surface area contributed by atoms with Crippen LogP contribution in [0.2, 0.25) is 0 Å². The second kappa shape index (κ2) is 11.8. The highest BCUT2D eigenvalue weighted by Crippen LogP contribution is 2.25. The van der Waals surface area contributed by atoms with E-state index in [2.05, 4.69) is 5.32 Å². The number of thioether (sulfide) groups is 1. The van der Waals surface area contributed by atoms with Crippen LogP contribution in [0.15, 0.2) is 88.7 Å². The molecule has 0 unspecified atom stereocenters. The predicted molar refractivity (Wildman–Crippen MR) is 133 cm³/mol. The van der Waals surface area contributed by atoms with E-state index in [4.69, 9.17) is 4.74 Å². The molecule has 0 fully saturated rings. The molecule has 0 saturated carbocycles. The molecule has 0 aliphatic rings. The maximum absolute atomic E-state index is 13.4. The number of anilines is 1. The average Bonchev–Trinajstić information content (AvgIpc) is 2.82. The fraction of sp³-hybridized carbons (Fsp3) is 0.240. The van der Waals surface area contributed by atoms with Crippen molar-refractivity contribution < 1.29 is 17.9 Å². The third kappa shape index (κ3) is 7.00. The van der Waals surface area contributed by atoms with Crippen molar-refractivity contribution in [3.8, 4) is 5.75 Å². The summed E-state index contributed by atoms with van der Waals surface area (Å²) in [6.07, 6.45) is 0. The van der Waals surface area contributed by atoms with Gasteiger partial charge in [-0.15, -0.1) is 11.8 Å². The molecule has 3 aromatic carbocycles. The predicted octanol–water partition coefficient (Wildman–Crippen LogP) is 4.50. The largest absolute Gasteiger partial charge is 0.494 e. The first kappa shape index (κ1) is 24.7. The number of nitrogens with one attached hydrogen (secondary N) is 1. The van der Waals surface area contributed by atoms with Gasteiger partial charge in [0.15, 0.2) is 0 Å². The molecular weight excluding hydrogens is 456 g/mol. The Balaban J connectivity index is 1.72. The highest BCUT2D eigenvalue weighted by atomic mass is 32.2. The Bertz CT molecular complexity index is 1130. The number of benzene rings is 3. The maximum Gasteiger partial charge on any atom is 0.264 e. The summed E-state index contributed by atoms with van der Waals surface area (Å²) in [6, 6.07) is 23.2. The van der Waals surface area contributed by atoms with Crippen LogP contribution in [0.3, 0.4) is 0 Å². The van der Waals surface area contributed by atoms with Crippen molar-refractivity contribution in [1.82, 2.24) is 5.32 Å². The molecule has 0 aliphatic heterocycles. The molecule has 6 nitrogen and oxygen atoms in total. The van der Waals surface area contributed by atoms with Crippen molar-refractivity contribution in [2.45, 2.75) is 23.6 Å². The molecule has 0 atom stereocenters. The zero-order chi connectivity index (χ0) is 23.7. The number of carbonyl (C=O) groups excluding carboxylic acids is 1. The molecule has 1 N–H and O–H groups in total. The van der Waals surface area contributed by atoms with Crippen LogP contribution >= 0.6 is 11.8 Å².